The fourth-order valence-electron chi connectivity index (χ4n) is 2.10. The zero-order chi connectivity index (χ0) is 15.2. The number of hydrogen-bond donors (Lipinski definition) is 2. The first kappa shape index (κ1) is 18.8. The number of rotatable bonds is 6. The summed E-state index contributed by atoms with van der Waals surface area (Å²) in [6.07, 6.45) is 4.22. The van der Waals surface area contributed by atoms with Crippen LogP contribution >= 0.6 is 24.0 Å². The van der Waals surface area contributed by atoms with Crippen molar-refractivity contribution in [2.45, 2.75) is 32.4 Å². The SMILES string of the molecule is CCNC(=NCC(=O)NC1CC1)N(C)Cc1cccn1C.I. The third-order valence-electron chi connectivity index (χ3n) is 3.46. The zero-order valence-corrected chi connectivity index (χ0v) is 15.8. The third kappa shape index (κ3) is 5.86. The summed E-state index contributed by atoms with van der Waals surface area (Å²) in [4.78, 5) is 18.2. The first-order chi connectivity index (χ1) is 10.1. The molecule has 0 unspecified atom stereocenters. The van der Waals surface area contributed by atoms with E-state index in [1.807, 2.05) is 38.2 Å². The Bertz CT molecular complexity index is 510. The Hall–Kier alpha value is -1.25. The molecule has 7 heteroatoms. The van der Waals surface area contributed by atoms with Crippen LogP contribution in [0, 0.1) is 0 Å². The molecule has 124 valence electrons. The van der Waals surface area contributed by atoms with Crippen molar-refractivity contribution in [2.75, 3.05) is 20.1 Å². The summed E-state index contributed by atoms with van der Waals surface area (Å²) in [7, 11) is 4.00. The average molecular weight is 419 g/mol. The Labute approximate surface area is 149 Å². The van der Waals surface area contributed by atoms with E-state index in [0.29, 0.717) is 6.04 Å². The maximum absolute atomic E-state index is 11.7. The van der Waals surface area contributed by atoms with Gasteiger partial charge in [-0.2, -0.15) is 0 Å². The van der Waals surface area contributed by atoms with E-state index in [2.05, 4.69) is 26.3 Å². The molecular formula is C15H26IN5O. The predicted octanol–water partition coefficient (Wildman–Crippen LogP) is 1.32. The van der Waals surface area contributed by atoms with Crippen molar-refractivity contribution in [1.82, 2.24) is 20.1 Å². The molecule has 0 spiro atoms. The summed E-state index contributed by atoms with van der Waals surface area (Å²) in [5.41, 5.74) is 1.20. The minimum atomic E-state index is 0. The van der Waals surface area contributed by atoms with Gasteiger partial charge >= 0.3 is 0 Å². The van der Waals surface area contributed by atoms with E-state index in [-0.39, 0.29) is 36.4 Å². The second-order valence-corrected chi connectivity index (χ2v) is 5.48. The lowest BCUT2D eigenvalue weighted by atomic mass is 10.4. The lowest BCUT2D eigenvalue weighted by molar-refractivity contribution is -0.119. The summed E-state index contributed by atoms with van der Waals surface area (Å²) in [6.45, 7) is 3.73. The van der Waals surface area contributed by atoms with Crippen molar-refractivity contribution in [3.8, 4) is 0 Å². The number of carbonyl (C=O) groups is 1. The number of carbonyl (C=O) groups excluding carboxylic acids is 1. The highest BCUT2D eigenvalue weighted by molar-refractivity contribution is 14.0. The second-order valence-electron chi connectivity index (χ2n) is 5.48. The molecule has 1 aliphatic rings. The van der Waals surface area contributed by atoms with Crippen LogP contribution in [0.25, 0.3) is 0 Å². The van der Waals surface area contributed by atoms with Crippen LogP contribution in [0.5, 0.6) is 0 Å². The Morgan fingerprint density at radius 1 is 1.50 bits per heavy atom. The van der Waals surface area contributed by atoms with Crippen LogP contribution in [-0.2, 0) is 18.4 Å². The zero-order valence-electron chi connectivity index (χ0n) is 13.5. The molecule has 2 rings (SSSR count). The highest BCUT2D eigenvalue weighted by atomic mass is 127. The van der Waals surface area contributed by atoms with Crippen LogP contribution in [-0.4, -0.2) is 47.5 Å². The molecule has 0 radical (unpaired) electrons. The molecule has 6 nitrogen and oxygen atoms in total. The minimum absolute atomic E-state index is 0. The van der Waals surface area contributed by atoms with Crippen LogP contribution in [0.2, 0.25) is 0 Å². The standard InChI is InChI=1S/C15H25N5O.HI/c1-4-16-15(17-10-14(21)18-12-7-8-12)20(3)11-13-6-5-9-19(13)2;/h5-6,9,12H,4,7-8,10-11H2,1-3H3,(H,16,17)(H,18,21);1H. The van der Waals surface area contributed by atoms with Gasteiger partial charge in [-0.1, -0.05) is 0 Å². The van der Waals surface area contributed by atoms with E-state index in [9.17, 15) is 4.79 Å². The van der Waals surface area contributed by atoms with E-state index in [0.717, 1.165) is 31.9 Å². The number of nitrogens with zero attached hydrogens (tertiary/aromatic N) is 3. The van der Waals surface area contributed by atoms with Gasteiger partial charge in [0.2, 0.25) is 5.91 Å². The summed E-state index contributed by atoms with van der Waals surface area (Å²) in [5, 5.41) is 6.17. The van der Waals surface area contributed by atoms with Gasteiger partial charge in [0, 0.05) is 38.6 Å². The van der Waals surface area contributed by atoms with Gasteiger partial charge in [-0.05, 0) is 31.9 Å². The summed E-state index contributed by atoms with van der Waals surface area (Å²) < 4.78 is 2.08. The van der Waals surface area contributed by atoms with Gasteiger partial charge < -0.3 is 20.1 Å². The maximum atomic E-state index is 11.7. The highest BCUT2D eigenvalue weighted by Crippen LogP contribution is 2.18. The van der Waals surface area contributed by atoms with Gasteiger partial charge in [0.05, 0.1) is 6.54 Å². The summed E-state index contributed by atoms with van der Waals surface area (Å²) >= 11 is 0. The van der Waals surface area contributed by atoms with Crippen LogP contribution < -0.4 is 10.6 Å². The van der Waals surface area contributed by atoms with Gasteiger partial charge in [0.15, 0.2) is 5.96 Å². The van der Waals surface area contributed by atoms with Gasteiger partial charge in [-0.15, -0.1) is 24.0 Å². The van der Waals surface area contributed by atoms with Crippen molar-refractivity contribution in [3.63, 3.8) is 0 Å². The number of aryl methyl sites for hydroxylation is 1. The second kappa shape index (κ2) is 9.02. The number of nitrogens with one attached hydrogen (secondary N) is 2. The van der Waals surface area contributed by atoms with Gasteiger partial charge in [-0.25, -0.2) is 4.99 Å². The number of aliphatic imine (C=N–C) groups is 1. The number of hydrogen-bond acceptors (Lipinski definition) is 2. The molecule has 1 aromatic rings. The number of amides is 1. The van der Waals surface area contributed by atoms with Crippen molar-refractivity contribution in [3.05, 3.63) is 24.0 Å². The Morgan fingerprint density at radius 2 is 2.23 bits per heavy atom. The number of guanidine groups is 1. The molecule has 0 aromatic carbocycles. The average Bonchev–Trinajstić information content (AvgIpc) is 3.17. The van der Waals surface area contributed by atoms with Gasteiger partial charge in [0.25, 0.3) is 0 Å². The van der Waals surface area contributed by atoms with E-state index in [1.165, 1.54) is 5.69 Å². The topological polar surface area (TPSA) is 61.7 Å². The predicted molar refractivity (Wildman–Crippen MR) is 99.4 cm³/mol. The summed E-state index contributed by atoms with van der Waals surface area (Å²) in [6, 6.07) is 4.49. The van der Waals surface area contributed by atoms with E-state index in [4.69, 9.17) is 0 Å². The normalized spacial score (nSPS) is 14.2. The van der Waals surface area contributed by atoms with E-state index in [1.54, 1.807) is 0 Å². The largest absolute Gasteiger partial charge is 0.357 e. The minimum Gasteiger partial charge on any atom is -0.357 e. The molecule has 1 heterocycles. The lowest BCUT2D eigenvalue weighted by Gasteiger charge is -2.22. The van der Waals surface area contributed by atoms with Gasteiger partial charge in [-0.3, -0.25) is 4.79 Å². The first-order valence-electron chi connectivity index (χ1n) is 7.49. The van der Waals surface area contributed by atoms with E-state index < -0.39 is 0 Å². The van der Waals surface area contributed by atoms with Crippen LogP contribution in [0.1, 0.15) is 25.5 Å². The fourth-order valence-corrected chi connectivity index (χ4v) is 2.10. The molecule has 1 saturated carbocycles. The molecular weight excluding hydrogens is 393 g/mol. The van der Waals surface area contributed by atoms with Crippen molar-refractivity contribution in [1.29, 1.82) is 0 Å². The first-order valence-corrected chi connectivity index (χ1v) is 7.49. The Morgan fingerprint density at radius 3 is 2.77 bits per heavy atom. The molecule has 1 aliphatic carbocycles. The van der Waals surface area contributed by atoms with Crippen LogP contribution in [0.3, 0.4) is 0 Å². The fraction of sp³-hybridized carbons (Fsp3) is 0.600. The Balaban J connectivity index is 0.00000242. The molecule has 1 aromatic heterocycles. The quantitative estimate of drug-likeness (QED) is 0.416. The molecule has 0 aliphatic heterocycles. The molecule has 22 heavy (non-hydrogen) atoms. The molecule has 0 saturated heterocycles. The van der Waals surface area contributed by atoms with Gasteiger partial charge in [0.1, 0.15) is 6.54 Å². The Kier molecular flexibility index (Phi) is 7.70. The highest BCUT2D eigenvalue weighted by Gasteiger charge is 2.23. The molecule has 2 N–H and O–H groups in total. The smallest absolute Gasteiger partial charge is 0.242 e. The van der Waals surface area contributed by atoms with Crippen molar-refractivity contribution < 1.29 is 4.79 Å². The molecule has 0 atom stereocenters. The number of aromatic nitrogens is 1. The van der Waals surface area contributed by atoms with Crippen molar-refractivity contribution >= 4 is 35.8 Å². The third-order valence-corrected chi connectivity index (χ3v) is 3.46. The number of halogens is 1. The monoisotopic (exact) mass is 419 g/mol. The van der Waals surface area contributed by atoms with Crippen molar-refractivity contribution in [2.24, 2.45) is 12.0 Å². The van der Waals surface area contributed by atoms with E-state index >= 15 is 0 Å². The molecule has 1 amide bonds. The maximum Gasteiger partial charge on any atom is 0.242 e. The molecule has 0 bridgehead atoms. The van der Waals surface area contributed by atoms with Crippen LogP contribution in [0.4, 0.5) is 0 Å². The molecule has 1 fully saturated rings. The summed E-state index contributed by atoms with van der Waals surface area (Å²) in [5.74, 6) is 0.754. The van der Waals surface area contributed by atoms with Crippen LogP contribution in [0.15, 0.2) is 23.3 Å². The lowest BCUT2D eigenvalue weighted by Crippen LogP contribution is -2.40.